The number of halogens is 1. The summed E-state index contributed by atoms with van der Waals surface area (Å²) in [4.78, 5) is 39.5. The largest absolute Gasteiger partial charge is 0.489 e. The van der Waals surface area contributed by atoms with Gasteiger partial charge >= 0.3 is 6.03 Å². The van der Waals surface area contributed by atoms with Gasteiger partial charge < -0.3 is 9.30 Å². The molecule has 39 heavy (non-hydrogen) atoms. The van der Waals surface area contributed by atoms with Crippen LogP contribution in [0, 0.1) is 20.8 Å². The zero-order valence-corrected chi connectivity index (χ0v) is 23.3. The highest BCUT2D eigenvalue weighted by atomic mass is 79.9. The number of ether oxygens (including phenoxy) is 1. The van der Waals surface area contributed by atoms with E-state index in [9.17, 15) is 14.4 Å². The van der Waals surface area contributed by atoms with Crippen LogP contribution in [0.5, 0.6) is 5.75 Å². The molecule has 0 atom stereocenters. The third-order valence-electron chi connectivity index (χ3n) is 6.55. The minimum absolute atomic E-state index is 0.104. The number of hydrogen-bond acceptors (Lipinski definition) is 4. The molecule has 1 N–H and O–H groups in total. The molecule has 196 valence electrons. The second kappa shape index (κ2) is 10.7. The maximum absolute atomic E-state index is 13.3. The van der Waals surface area contributed by atoms with E-state index in [4.69, 9.17) is 4.74 Å². The van der Waals surface area contributed by atoms with Crippen LogP contribution in [0.3, 0.4) is 0 Å². The van der Waals surface area contributed by atoms with Crippen molar-refractivity contribution >= 4 is 45.5 Å². The number of rotatable bonds is 6. The van der Waals surface area contributed by atoms with Gasteiger partial charge in [0.05, 0.1) is 5.69 Å². The smallest absolute Gasteiger partial charge is 0.335 e. The van der Waals surface area contributed by atoms with Gasteiger partial charge in [-0.2, -0.15) is 0 Å². The molecule has 0 aliphatic carbocycles. The van der Waals surface area contributed by atoms with E-state index in [0.29, 0.717) is 17.9 Å². The van der Waals surface area contributed by atoms with E-state index in [-0.39, 0.29) is 5.57 Å². The zero-order valence-electron chi connectivity index (χ0n) is 21.7. The summed E-state index contributed by atoms with van der Waals surface area (Å²) in [5.74, 6) is -0.630. The number of amides is 4. The maximum atomic E-state index is 13.3. The molecule has 1 aromatic heterocycles. The van der Waals surface area contributed by atoms with Gasteiger partial charge in [-0.05, 0) is 98.1 Å². The van der Waals surface area contributed by atoms with Crippen LogP contribution in [-0.2, 0) is 16.2 Å². The number of urea groups is 1. The van der Waals surface area contributed by atoms with Crippen LogP contribution in [0.1, 0.15) is 28.1 Å². The predicted molar refractivity (Wildman–Crippen MR) is 154 cm³/mol. The highest BCUT2D eigenvalue weighted by molar-refractivity contribution is 9.10. The van der Waals surface area contributed by atoms with Crippen molar-refractivity contribution < 1.29 is 19.1 Å². The van der Waals surface area contributed by atoms with Crippen LogP contribution in [0.2, 0.25) is 0 Å². The molecular formula is C31H26BrN3O4. The maximum Gasteiger partial charge on any atom is 0.335 e. The van der Waals surface area contributed by atoms with Crippen LogP contribution in [0.4, 0.5) is 10.5 Å². The average Bonchev–Trinajstić information content (AvgIpc) is 3.19. The molecule has 1 saturated heterocycles. The number of anilines is 1. The van der Waals surface area contributed by atoms with Crippen LogP contribution in [0.25, 0.3) is 11.8 Å². The topological polar surface area (TPSA) is 80.6 Å². The van der Waals surface area contributed by atoms with Gasteiger partial charge in [0.2, 0.25) is 0 Å². The number of hydrogen-bond donors (Lipinski definition) is 1. The van der Waals surface area contributed by atoms with E-state index in [2.05, 4.69) is 21.2 Å². The Morgan fingerprint density at radius 1 is 0.872 bits per heavy atom. The van der Waals surface area contributed by atoms with Crippen molar-refractivity contribution in [3.05, 3.63) is 117 Å². The Labute approximate surface area is 234 Å². The fraction of sp³-hybridized carbons (Fsp3) is 0.129. The number of barbiturate groups is 1. The number of carbonyl (C=O) groups is 3. The fourth-order valence-electron chi connectivity index (χ4n) is 4.58. The Bertz CT molecular complexity index is 1620. The van der Waals surface area contributed by atoms with E-state index in [1.807, 2.05) is 86.0 Å². The number of nitrogens with one attached hydrogen (secondary N) is 1. The number of aromatic nitrogens is 1. The Morgan fingerprint density at radius 2 is 1.59 bits per heavy atom. The molecule has 0 bridgehead atoms. The Balaban J connectivity index is 1.39. The molecule has 1 fully saturated rings. The van der Waals surface area contributed by atoms with Crippen molar-refractivity contribution in [2.45, 2.75) is 27.4 Å². The second-order valence-electron chi connectivity index (χ2n) is 9.37. The lowest BCUT2D eigenvalue weighted by molar-refractivity contribution is -0.122. The molecule has 0 radical (unpaired) electrons. The first-order valence-electron chi connectivity index (χ1n) is 12.4. The van der Waals surface area contributed by atoms with Gasteiger partial charge in [-0.3, -0.25) is 14.9 Å². The summed E-state index contributed by atoms with van der Waals surface area (Å²) in [5, 5.41) is 2.29. The number of benzene rings is 3. The summed E-state index contributed by atoms with van der Waals surface area (Å²) >= 11 is 3.44. The average molecular weight is 584 g/mol. The minimum atomic E-state index is -0.763. The van der Waals surface area contributed by atoms with Crippen LogP contribution < -0.4 is 15.0 Å². The van der Waals surface area contributed by atoms with E-state index >= 15 is 0 Å². The second-order valence-corrected chi connectivity index (χ2v) is 10.3. The Hall–Kier alpha value is -4.43. The minimum Gasteiger partial charge on any atom is -0.489 e. The highest BCUT2D eigenvalue weighted by Crippen LogP contribution is 2.27. The molecule has 0 saturated carbocycles. The first-order chi connectivity index (χ1) is 18.7. The molecule has 4 aromatic rings. The predicted octanol–water partition coefficient (Wildman–Crippen LogP) is 6.41. The molecule has 1 aliphatic heterocycles. The molecule has 0 spiro atoms. The van der Waals surface area contributed by atoms with Crippen molar-refractivity contribution in [1.29, 1.82) is 0 Å². The number of imide groups is 2. The fourth-order valence-corrected chi connectivity index (χ4v) is 4.85. The highest BCUT2D eigenvalue weighted by Gasteiger charge is 2.37. The van der Waals surface area contributed by atoms with Gasteiger partial charge in [-0.15, -0.1) is 0 Å². The van der Waals surface area contributed by atoms with E-state index in [1.165, 1.54) is 0 Å². The lowest BCUT2D eigenvalue weighted by atomic mass is 10.1. The summed E-state index contributed by atoms with van der Waals surface area (Å²) in [6.45, 7) is 6.21. The van der Waals surface area contributed by atoms with Gasteiger partial charge in [0.1, 0.15) is 17.9 Å². The van der Waals surface area contributed by atoms with E-state index in [1.54, 1.807) is 24.3 Å². The van der Waals surface area contributed by atoms with Crippen molar-refractivity contribution in [2.75, 3.05) is 4.90 Å². The molecule has 1 aliphatic rings. The third kappa shape index (κ3) is 5.42. The zero-order chi connectivity index (χ0) is 27.7. The first-order valence-corrected chi connectivity index (χ1v) is 13.2. The summed E-state index contributed by atoms with van der Waals surface area (Å²) in [6.07, 6.45) is 1.54. The van der Waals surface area contributed by atoms with Gasteiger partial charge in [0, 0.05) is 21.5 Å². The summed E-state index contributed by atoms with van der Waals surface area (Å²) in [5.41, 5.74) is 5.67. The number of carbonyl (C=O) groups excluding carboxylic acids is 3. The van der Waals surface area contributed by atoms with Gasteiger partial charge in [0.15, 0.2) is 0 Å². The summed E-state index contributed by atoms with van der Waals surface area (Å²) in [6, 6.07) is 23.9. The molecule has 7 nitrogen and oxygen atoms in total. The molecule has 8 heteroatoms. The van der Waals surface area contributed by atoms with Crippen molar-refractivity contribution in [2.24, 2.45) is 0 Å². The lowest BCUT2D eigenvalue weighted by Crippen LogP contribution is -2.54. The van der Waals surface area contributed by atoms with Gasteiger partial charge in [-0.25, -0.2) is 9.69 Å². The van der Waals surface area contributed by atoms with Crippen LogP contribution in [0.15, 0.2) is 88.9 Å². The van der Waals surface area contributed by atoms with Crippen LogP contribution >= 0.6 is 15.9 Å². The van der Waals surface area contributed by atoms with Gasteiger partial charge in [-0.1, -0.05) is 40.2 Å². The van der Waals surface area contributed by atoms with Crippen molar-refractivity contribution in [3.63, 3.8) is 0 Å². The first kappa shape index (κ1) is 26.2. The lowest BCUT2D eigenvalue weighted by Gasteiger charge is -2.26. The number of aryl methyl sites for hydroxylation is 2. The Kier molecular flexibility index (Phi) is 7.21. The summed E-state index contributed by atoms with van der Waals surface area (Å²) in [7, 11) is 0. The van der Waals surface area contributed by atoms with Gasteiger partial charge in [0.25, 0.3) is 11.8 Å². The SMILES string of the molecule is Cc1cccc(N2C(=O)NC(=O)/C(=C\c3cc(C)n(-c4ccc(OCc5ccc(Br)cc5)cc4)c3C)C2=O)c1. The van der Waals surface area contributed by atoms with Crippen molar-refractivity contribution in [3.8, 4) is 11.4 Å². The third-order valence-corrected chi connectivity index (χ3v) is 7.07. The molecule has 5 rings (SSSR count). The van der Waals surface area contributed by atoms with Crippen molar-refractivity contribution in [1.82, 2.24) is 9.88 Å². The Morgan fingerprint density at radius 3 is 2.28 bits per heavy atom. The van der Waals surface area contributed by atoms with Crippen LogP contribution in [-0.4, -0.2) is 22.4 Å². The molecule has 4 amide bonds. The molecule has 3 aromatic carbocycles. The monoisotopic (exact) mass is 583 g/mol. The van der Waals surface area contributed by atoms with E-state index < -0.39 is 17.8 Å². The molecular weight excluding hydrogens is 558 g/mol. The molecule has 2 heterocycles. The number of nitrogens with zero attached hydrogens (tertiary/aromatic N) is 2. The quantitative estimate of drug-likeness (QED) is 0.210. The molecule has 0 unspecified atom stereocenters. The van der Waals surface area contributed by atoms with E-state index in [0.717, 1.165) is 43.3 Å². The summed E-state index contributed by atoms with van der Waals surface area (Å²) < 4.78 is 8.99. The normalized spacial score (nSPS) is 14.6. The standard InChI is InChI=1S/C31H26BrN3O4/c1-19-5-4-6-26(15-19)35-30(37)28(29(36)33-31(35)38)17-23-16-20(2)34(21(23)3)25-11-13-27(14-12-25)39-18-22-7-9-24(32)10-8-22/h4-17H,18H2,1-3H3,(H,33,36,38)/b28-17+.